The highest BCUT2D eigenvalue weighted by molar-refractivity contribution is 5.70. The van der Waals surface area contributed by atoms with Crippen LogP contribution in [0.3, 0.4) is 0 Å². The van der Waals surface area contributed by atoms with Crippen LogP contribution in [0, 0.1) is 0 Å². The number of nitrogens with zero attached hydrogens (tertiary/aromatic N) is 1. The molecule has 0 saturated heterocycles. The Morgan fingerprint density at radius 2 is 2.43 bits per heavy atom. The molecule has 1 rings (SSSR count). The van der Waals surface area contributed by atoms with Crippen molar-refractivity contribution in [3.63, 3.8) is 0 Å². The Bertz CT molecular complexity index is 285. The summed E-state index contributed by atoms with van der Waals surface area (Å²) in [6.45, 7) is 4.25. The predicted molar refractivity (Wildman–Crippen MR) is 53.9 cm³/mol. The molecule has 0 N–H and O–H groups in total. The van der Waals surface area contributed by atoms with Crippen molar-refractivity contribution in [1.82, 2.24) is 4.98 Å². The van der Waals surface area contributed by atoms with Crippen LogP contribution in [0.1, 0.15) is 31.7 Å². The van der Waals surface area contributed by atoms with Gasteiger partial charge in [-0.15, -0.1) is 0 Å². The molecule has 0 aliphatic rings. The fourth-order valence-corrected chi connectivity index (χ4v) is 1.26. The molecule has 0 bridgehead atoms. The number of hydrogen-bond donors (Lipinski definition) is 0. The molecule has 1 aromatic rings. The first-order valence-corrected chi connectivity index (χ1v) is 4.79. The van der Waals surface area contributed by atoms with Crippen molar-refractivity contribution in [2.75, 3.05) is 6.61 Å². The standard InChI is InChI=1S/C11H15NO2/c1-3-14-11(13)7-9(2)10-5-4-6-12-8-10/h4-6,8-9H,3,7H2,1-2H3/t9-/m0/s1. The fourth-order valence-electron chi connectivity index (χ4n) is 1.26. The highest BCUT2D eigenvalue weighted by atomic mass is 16.5. The zero-order chi connectivity index (χ0) is 10.4. The molecule has 1 atom stereocenters. The van der Waals surface area contributed by atoms with Crippen LogP contribution in [0.15, 0.2) is 24.5 Å². The van der Waals surface area contributed by atoms with Gasteiger partial charge in [0.1, 0.15) is 0 Å². The Morgan fingerprint density at radius 3 is 3.00 bits per heavy atom. The lowest BCUT2D eigenvalue weighted by Crippen LogP contribution is -2.08. The van der Waals surface area contributed by atoms with Gasteiger partial charge in [0.15, 0.2) is 0 Å². The van der Waals surface area contributed by atoms with Crippen molar-refractivity contribution >= 4 is 5.97 Å². The first kappa shape index (κ1) is 10.7. The predicted octanol–water partition coefficient (Wildman–Crippen LogP) is 2.14. The molecule has 14 heavy (non-hydrogen) atoms. The first-order valence-electron chi connectivity index (χ1n) is 4.79. The highest BCUT2D eigenvalue weighted by Crippen LogP contribution is 2.17. The number of carbonyl (C=O) groups is 1. The molecule has 0 saturated carbocycles. The molecule has 1 aromatic heterocycles. The van der Waals surface area contributed by atoms with E-state index >= 15 is 0 Å². The third-order valence-corrected chi connectivity index (χ3v) is 2.03. The fraction of sp³-hybridized carbons (Fsp3) is 0.455. The lowest BCUT2D eigenvalue weighted by atomic mass is 10.00. The van der Waals surface area contributed by atoms with Gasteiger partial charge in [-0.05, 0) is 24.5 Å². The van der Waals surface area contributed by atoms with E-state index in [1.807, 2.05) is 26.0 Å². The maximum atomic E-state index is 11.2. The van der Waals surface area contributed by atoms with Crippen LogP contribution < -0.4 is 0 Å². The van der Waals surface area contributed by atoms with E-state index in [0.717, 1.165) is 5.56 Å². The molecule has 0 amide bonds. The second-order valence-corrected chi connectivity index (χ2v) is 3.20. The van der Waals surface area contributed by atoms with Gasteiger partial charge >= 0.3 is 5.97 Å². The molecule has 0 aromatic carbocycles. The Balaban J connectivity index is 2.50. The molecule has 3 nitrogen and oxygen atoms in total. The summed E-state index contributed by atoms with van der Waals surface area (Å²) in [4.78, 5) is 15.2. The van der Waals surface area contributed by atoms with Gasteiger partial charge in [0.05, 0.1) is 13.0 Å². The van der Waals surface area contributed by atoms with Crippen LogP contribution in [0.25, 0.3) is 0 Å². The van der Waals surface area contributed by atoms with Crippen molar-refractivity contribution in [1.29, 1.82) is 0 Å². The SMILES string of the molecule is CCOC(=O)C[C@H](C)c1cccnc1. The van der Waals surface area contributed by atoms with Crippen molar-refractivity contribution in [2.24, 2.45) is 0 Å². The minimum Gasteiger partial charge on any atom is -0.466 e. The van der Waals surface area contributed by atoms with Crippen molar-refractivity contribution in [3.05, 3.63) is 30.1 Å². The van der Waals surface area contributed by atoms with Crippen molar-refractivity contribution in [2.45, 2.75) is 26.2 Å². The average molecular weight is 193 g/mol. The van der Waals surface area contributed by atoms with Gasteiger partial charge in [-0.3, -0.25) is 9.78 Å². The lowest BCUT2D eigenvalue weighted by Gasteiger charge is -2.09. The van der Waals surface area contributed by atoms with E-state index in [-0.39, 0.29) is 11.9 Å². The van der Waals surface area contributed by atoms with Crippen LogP contribution in [-0.4, -0.2) is 17.6 Å². The zero-order valence-corrected chi connectivity index (χ0v) is 8.56. The van der Waals surface area contributed by atoms with Gasteiger partial charge in [0.25, 0.3) is 0 Å². The average Bonchev–Trinajstić information content (AvgIpc) is 2.19. The van der Waals surface area contributed by atoms with Gasteiger partial charge in [0.2, 0.25) is 0 Å². The number of rotatable bonds is 4. The molecule has 0 radical (unpaired) electrons. The number of pyridine rings is 1. The maximum absolute atomic E-state index is 11.2. The second-order valence-electron chi connectivity index (χ2n) is 3.20. The molecule has 0 fully saturated rings. The van der Waals surface area contributed by atoms with Gasteiger partial charge in [0, 0.05) is 12.4 Å². The van der Waals surface area contributed by atoms with E-state index in [4.69, 9.17) is 4.74 Å². The minimum atomic E-state index is -0.149. The topological polar surface area (TPSA) is 39.2 Å². The number of hydrogen-bond acceptors (Lipinski definition) is 3. The Hall–Kier alpha value is -1.38. The molecular formula is C11H15NO2. The van der Waals surface area contributed by atoms with E-state index in [9.17, 15) is 4.79 Å². The minimum absolute atomic E-state index is 0.149. The monoisotopic (exact) mass is 193 g/mol. The van der Waals surface area contributed by atoms with Crippen LogP contribution in [0.5, 0.6) is 0 Å². The van der Waals surface area contributed by atoms with Gasteiger partial charge in [-0.2, -0.15) is 0 Å². The molecule has 0 unspecified atom stereocenters. The van der Waals surface area contributed by atoms with Crippen LogP contribution >= 0.6 is 0 Å². The summed E-state index contributed by atoms with van der Waals surface area (Å²) in [6, 6.07) is 3.84. The number of carbonyl (C=O) groups excluding carboxylic acids is 1. The smallest absolute Gasteiger partial charge is 0.306 e. The van der Waals surface area contributed by atoms with E-state index in [1.165, 1.54) is 0 Å². The third kappa shape index (κ3) is 3.17. The van der Waals surface area contributed by atoms with E-state index in [1.54, 1.807) is 12.4 Å². The summed E-state index contributed by atoms with van der Waals surface area (Å²) in [5, 5.41) is 0. The largest absolute Gasteiger partial charge is 0.466 e. The Morgan fingerprint density at radius 1 is 1.64 bits per heavy atom. The van der Waals surface area contributed by atoms with Gasteiger partial charge < -0.3 is 4.74 Å². The Kier molecular flexibility index (Phi) is 4.11. The molecule has 1 heterocycles. The second kappa shape index (κ2) is 5.37. The summed E-state index contributed by atoms with van der Waals surface area (Å²) in [5.41, 5.74) is 1.07. The maximum Gasteiger partial charge on any atom is 0.306 e. The third-order valence-electron chi connectivity index (χ3n) is 2.03. The summed E-state index contributed by atoms with van der Waals surface area (Å²) >= 11 is 0. The normalized spacial score (nSPS) is 12.1. The lowest BCUT2D eigenvalue weighted by molar-refractivity contribution is -0.143. The summed E-state index contributed by atoms with van der Waals surface area (Å²) in [6.07, 6.45) is 3.92. The molecule has 3 heteroatoms. The zero-order valence-electron chi connectivity index (χ0n) is 8.56. The Labute approximate surface area is 84.1 Å². The van der Waals surface area contributed by atoms with Crippen molar-refractivity contribution in [3.8, 4) is 0 Å². The van der Waals surface area contributed by atoms with Crippen LogP contribution in [0.2, 0.25) is 0 Å². The van der Waals surface area contributed by atoms with Gasteiger partial charge in [-0.25, -0.2) is 0 Å². The molecule has 0 spiro atoms. The van der Waals surface area contributed by atoms with Crippen LogP contribution in [0.4, 0.5) is 0 Å². The van der Waals surface area contributed by atoms with E-state index in [2.05, 4.69) is 4.98 Å². The number of esters is 1. The first-order chi connectivity index (χ1) is 6.74. The van der Waals surface area contributed by atoms with Crippen LogP contribution in [-0.2, 0) is 9.53 Å². The molecule has 76 valence electrons. The molecule has 0 aliphatic carbocycles. The summed E-state index contributed by atoms with van der Waals surface area (Å²) < 4.78 is 4.87. The number of aromatic nitrogens is 1. The summed E-state index contributed by atoms with van der Waals surface area (Å²) in [7, 11) is 0. The van der Waals surface area contributed by atoms with Crippen molar-refractivity contribution < 1.29 is 9.53 Å². The van der Waals surface area contributed by atoms with E-state index < -0.39 is 0 Å². The molecule has 0 aliphatic heterocycles. The quantitative estimate of drug-likeness (QED) is 0.688. The van der Waals surface area contributed by atoms with E-state index in [0.29, 0.717) is 13.0 Å². The number of ether oxygens (including phenoxy) is 1. The highest BCUT2D eigenvalue weighted by Gasteiger charge is 2.11. The molecular weight excluding hydrogens is 178 g/mol. The van der Waals surface area contributed by atoms with Gasteiger partial charge in [-0.1, -0.05) is 13.0 Å². The summed E-state index contributed by atoms with van der Waals surface area (Å²) in [5.74, 6) is 0.0200.